The molecule has 0 unspecified atom stereocenters. The van der Waals surface area contributed by atoms with Gasteiger partial charge >= 0.3 is 5.97 Å². The van der Waals surface area contributed by atoms with E-state index in [9.17, 15) is 4.79 Å². The maximum atomic E-state index is 11.0. The van der Waals surface area contributed by atoms with E-state index in [0.717, 1.165) is 25.1 Å². The Labute approximate surface area is 101 Å². The normalized spacial score (nSPS) is 23.2. The minimum atomic E-state index is -0.678. The van der Waals surface area contributed by atoms with Gasteiger partial charge in [-0.15, -0.1) is 0 Å². The molecule has 1 aromatic heterocycles. The van der Waals surface area contributed by atoms with Gasteiger partial charge in [-0.25, -0.2) is 0 Å². The number of hydrogen-bond donors (Lipinski definition) is 1. The molecule has 1 fully saturated rings. The van der Waals surface area contributed by atoms with E-state index in [0.29, 0.717) is 6.54 Å². The summed E-state index contributed by atoms with van der Waals surface area (Å²) < 4.78 is 0. The van der Waals surface area contributed by atoms with Gasteiger partial charge in [0, 0.05) is 18.8 Å². The van der Waals surface area contributed by atoms with E-state index in [1.165, 1.54) is 0 Å². The molecule has 0 bridgehead atoms. The highest BCUT2D eigenvalue weighted by Crippen LogP contribution is 2.25. The van der Waals surface area contributed by atoms with Crippen LogP contribution >= 0.6 is 0 Å². The summed E-state index contributed by atoms with van der Waals surface area (Å²) in [5, 5.41) is 9.07. The summed E-state index contributed by atoms with van der Waals surface area (Å²) in [5.74, 6) is -0.905. The maximum Gasteiger partial charge on any atom is 0.307 e. The molecule has 1 saturated heterocycles. The Hall–Kier alpha value is -1.42. The molecule has 0 aromatic carbocycles. The Morgan fingerprint density at radius 3 is 3.06 bits per heavy atom. The van der Waals surface area contributed by atoms with Crippen molar-refractivity contribution in [2.45, 2.75) is 25.8 Å². The van der Waals surface area contributed by atoms with Gasteiger partial charge in [-0.1, -0.05) is 6.07 Å². The molecular formula is C13H18N2O2. The number of aliphatic carboxylic acids is 1. The van der Waals surface area contributed by atoms with Crippen LogP contribution < -0.4 is 0 Å². The van der Waals surface area contributed by atoms with Crippen LogP contribution in [0.4, 0.5) is 0 Å². The number of aromatic nitrogens is 1. The molecule has 92 valence electrons. The smallest absolute Gasteiger partial charge is 0.307 e. The van der Waals surface area contributed by atoms with Crippen LogP contribution in [0.25, 0.3) is 0 Å². The zero-order valence-electron chi connectivity index (χ0n) is 10.0. The molecule has 1 aliphatic heterocycles. The quantitative estimate of drug-likeness (QED) is 0.868. The standard InChI is InChI=1S/C13H18N2O2/c1-10(12-6-2-3-7-14-12)15-8-4-5-11(9-15)13(16)17/h2-3,6-7,10-11H,4-5,8-9H2,1H3,(H,16,17)/t10-,11+/m0/s1. The van der Waals surface area contributed by atoms with Crippen LogP contribution in [0, 0.1) is 5.92 Å². The molecule has 4 nitrogen and oxygen atoms in total. The molecule has 2 heterocycles. The predicted octanol–water partition coefficient (Wildman–Crippen LogP) is 1.94. The summed E-state index contributed by atoms with van der Waals surface area (Å²) in [6.07, 6.45) is 3.53. The van der Waals surface area contributed by atoms with Crippen LogP contribution in [0.5, 0.6) is 0 Å². The van der Waals surface area contributed by atoms with E-state index in [4.69, 9.17) is 5.11 Å². The van der Waals surface area contributed by atoms with Crippen molar-refractivity contribution in [1.82, 2.24) is 9.88 Å². The van der Waals surface area contributed by atoms with Gasteiger partial charge in [0.05, 0.1) is 11.6 Å². The van der Waals surface area contributed by atoms with E-state index in [1.54, 1.807) is 6.20 Å². The third-order valence-corrected chi connectivity index (χ3v) is 3.47. The van der Waals surface area contributed by atoms with Crippen LogP contribution in [0.3, 0.4) is 0 Å². The number of likely N-dealkylation sites (tertiary alicyclic amines) is 1. The molecule has 0 saturated carbocycles. The fourth-order valence-electron chi connectivity index (χ4n) is 2.37. The van der Waals surface area contributed by atoms with Crippen molar-refractivity contribution >= 4 is 5.97 Å². The number of nitrogens with zero attached hydrogens (tertiary/aromatic N) is 2. The van der Waals surface area contributed by atoms with E-state index < -0.39 is 5.97 Å². The number of hydrogen-bond acceptors (Lipinski definition) is 3. The highest BCUT2D eigenvalue weighted by Gasteiger charge is 2.28. The van der Waals surface area contributed by atoms with Crippen LogP contribution in [0.15, 0.2) is 24.4 Å². The number of carbonyl (C=O) groups is 1. The van der Waals surface area contributed by atoms with Gasteiger partial charge in [0.1, 0.15) is 0 Å². The summed E-state index contributed by atoms with van der Waals surface area (Å²) in [4.78, 5) is 17.6. The minimum absolute atomic E-state index is 0.193. The topological polar surface area (TPSA) is 53.4 Å². The molecule has 0 aliphatic carbocycles. The van der Waals surface area contributed by atoms with Crippen molar-refractivity contribution in [3.63, 3.8) is 0 Å². The average Bonchev–Trinajstić information content (AvgIpc) is 2.39. The number of rotatable bonds is 3. The maximum absolute atomic E-state index is 11.0. The van der Waals surface area contributed by atoms with Gasteiger partial charge in [-0.2, -0.15) is 0 Å². The Bertz CT molecular complexity index is 380. The molecule has 0 radical (unpaired) electrons. The number of piperidine rings is 1. The fourth-order valence-corrected chi connectivity index (χ4v) is 2.37. The van der Waals surface area contributed by atoms with E-state index >= 15 is 0 Å². The Balaban J connectivity index is 2.05. The van der Waals surface area contributed by atoms with Gasteiger partial charge in [0.25, 0.3) is 0 Å². The summed E-state index contributed by atoms with van der Waals surface area (Å²) in [6.45, 7) is 3.68. The zero-order valence-corrected chi connectivity index (χ0v) is 10.0. The van der Waals surface area contributed by atoms with Crippen LogP contribution in [-0.2, 0) is 4.79 Å². The molecule has 4 heteroatoms. The number of pyridine rings is 1. The SMILES string of the molecule is C[C@@H](c1ccccn1)N1CCC[C@@H](C(=O)O)C1. The summed E-state index contributed by atoms with van der Waals surface area (Å²) >= 11 is 0. The first kappa shape index (κ1) is 12.0. The Morgan fingerprint density at radius 1 is 1.59 bits per heavy atom. The van der Waals surface area contributed by atoms with Crippen LogP contribution in [0.2, 0.25) is 0 Å². The second-order valence-electron chi connectivity index (χ2n) is 4.60. The van der Waals surface area contributed by atoms with Crippen molar-refractivity contribution in [2.24, 2.45) is 5.92 Å². The van der Waals surface area contributed by atoms with Gasteiger partial charge in [-0.05, 0) is 38.4 Å². The van der Waals surface area contributed by atoms with E-state index in [2.05, 4.69) is 16.8 Å². The summed E-state index contributed by atoms with van der Waals surface area (Å²) in [5.41, 5.74) is 1.01. The third kappa shape index (κ3) is 2.82. The Morgan fingerprint density at radius 2 is 2.41 bits per heavy atom. The fraction of sp³-hybridized carbons (Fsp3) is 0.538. The Kier molecular flexibility index (Phi) is 3.74. The molecule has 0 amide bonds. The molecule has 2 rings (SSSR count). The summed E-state index contributed by atoms with van der Waals surface area (Å²) in [7, 11) is 0. The van der Waals surface area contributed by atoms with Crippen molar-refractivity contribution < 1.29 is 9.90 Å². The largest absolute Gasteiger partial charge is 0.481 e. The van der Waals surface area contributed by atoms with Crippen molar-refractivity contribution in [3.05, 3.63) is 30.1 Å². The molecule has 1 N–H and O–H groups in total. The first-order valence-electron chi connectivity index (χ1n) is 6.06. The van der Waals surface area contributed by atoms with Gasteiger partial charge in [0.2, 0.25) is 0 Å². The van der Waals surface area contributed by atoms with Crippen molar-refractivity contribution in [1.29, 1.82) is 0 Å². The second-order valence-corrected chi connectivity index (χ2v) is 4.60. The predicted molar refractivity (Wildman–Crippen MR) is 64.6 cm³/mol. The highest BCUT2D eigenvalue weighted by atomic mass is 16.4. The lowest BCUT2D eigenvalue weighted by Gasteiger charge is -2.34. The molecular weight excluding hydrogens is 216 g/mol. The van der Waals surface area contributed by atoms with E-state index in [-0.39, 0.29) is 12.0 Å². The highest BCUT2D eigenvalue weighted by molar-refractivity contribution is 5.70. The monoisotopic (exact) mass is 234 g/mol. The van der Waals surface area contributed by atoms with Gasteiger partial charge < -0.3 is 5.11 Å². The molecule has 17 heavy (non-hydrogen) atoms. The van der Waals surface area contributed by atoms with Crippen LogP contribution in [-0.4, -0.2) is 34.0 Å². The molecule has 0 spiro atoms. The second kappa shape index (κ2) is 5.27. The summed E-state index contributed by atoms with van der Waals surface area (Å²) in [6, 6.07) is 6.05. The lowest BCUT2D eigenvalue weighted by molar-refractivity contribution is -0.143. The minimum Gasteiger partial charge on any atom is -0.481 e. The average molecular weight is 234 g/mol. The first-order valence-corrected chi connectivity index (χ1v) is 6.06. The number of carboxylic acids is 1. The number of carboxylic acid groups (broad SMARTS) is 1. The van der Waals surface area contributed by atoms with Crippen molar-refractivity contribution in [3.8, 4) is 0 Å². The van der Waals surface area contributed by atoms with Crippen LogP contribution in [0.1, 0.15) is 31.5 Å². The third-order valence-electron chi connectivity index (χ3n) is 3.47. The van der Waals surface area contributed by atoms with Gasteiger partial charge in [0.15, 0.2) is 0 Å². The molecule has 2 atom stereocenters. The van der Waals surface area contributed by atoms with Crippen molar-refractivity contribution in [2.75, 3.05) is 13.1 Å². The molecule has 1 aromatic rings. The lowest BCUT2D eigenvalue weighted by atomic mass is 9.96. The first-order chi connectivity index (χ1) is 8.18. The lowest BCUT2D eigenvalue weighted by Crippen LogP contribution is -2.40. The molecule has 1 aliphatic rings. The van der Waals surface area contributed by atoms with E-state index in [1.807, 2.05) is 18.2 Å². The van der Waals surface area contributed by atoms with Gasteiger partial charge in [-0.3, -0.25) is 14.7 Å². The zero-order chi connectivity index (χ0) is 12.3.